The van der Waals surface area contributed by atoms with Gasteiger partial charge in [-0.1, -0.05) is 35.0 Å². The Kier molecular flexibility index (Phi) is 4.51. The molecule has 2 aromatic rings. The van der Waals surface area contributed by atoms with Crippen molar-refractivity contribution >= 4 is 29.3 Å². The minimum atomic E-state index is -0.0899. The first-order chi connectivity index (χ1) is 10.3. The molecule has 0 radical (unpaired) electrons. The molecule has 3 rings (SSSR count). The van der Waals surface area contributed by atoms with Gasteiger partial charge in [0.1, 0.15) is 0 Å². The van der Waals surface area contributed by atoms with E-state index in [-0.39, 0.29) is 5.91 Å². The molecule has 2 heterocycles. The Morgan fingerprint density at radius 3 is 2.95 bits per heavy atom. The normalized spacial score (nSPS) is 19.3. The number of amides is 1. The molecule has 0 spiro atoms. The van der Waals surface area contributed by atoms with E-state index in [1.807, 2.05) is 34.9 Å². The second-order valence-electron chi connectivity index (χ2n) is 4.84. The lowest BCUT2D eigenvalue weighted by Crippen LogP contribution is -2.32. The Hall–Kier alpha value is -1.46. The molecule has 6 heteroatoms. The monoisotopic (exact) mass is 322 g/mol. The van der Waals surface area contributed by atoms with Crippen molar-refractivity contribution in [3.63, 3.8) is 0 Å². The highest BCUT2D eigenvalue weighted by Crippen LogP contribution is 2.37. The van der Waals surface area contributed by atoms with Gasteiger partial charge in [0.05, 0.1) is 6.20 Å². The molecule has 110 valence electrons. The largest absolute Gasteiger partial charge is 0.351 e. The first-order valence-electron chi connectivity index (χ1n) is 6.81. The van der Waals surface area contributed by atoms with Gasteiger partial charge in [0, 0.05) is 35.2 Å². The maximum atomic E-state index is 12.3. The SMILES string of the molecule is O=C(c1ccno1)N1CCSC(c2ccccc2Cl)CC1. The van der Waals surface area contributed by atoms with Gasteiger partial charge in [0.25, 0.3) is 5.91 Å². The van der Waals surface area contributed by atoms with E-state index in [0.29, 0.717) is 24.1 Å². The van der Waals surface area contributed by atoms with Crippen LogP contribution in [0, 0.1) is 0 Å². The zero-order chi connectivity index (χ0) is 14.7. The van der Waals surface area contributed by atoms with Crippen molar-refractivity contribution in [1.29, 1.82) is 0 Å². The van der Waals surface area contributed by atoms with E-state index >= 15 is 0 Å². The summed E-state index contributed by atoms with van der Waals surface area (Å²) in [6, 6.07) is 9.52. The number of nitrogens with zero attached hydrogens (tertiary/aromatic N) is 2. The molecule has 1 aliphatic heterocycles. The third-order valence-corrected chi connectivity index (χ3v) is 5.18. The Labute approximate surface area is 132 Å². The highest BCUT2D eigenvalue weighted by molar-refractivity contribution is 7.99. The fourth-order valence-corrected chi connectivity index (χ4v) is 4.04. The van der Waals surface area contributed by atoms with Gasteiger partial charge < -0.3 is 9.42 Å². The highest BCUT2D eigenvalue weighted by Gasteiger charge is 2.25. The number of hydrogen-bond donors (Lipinski definition) is 0. The maximum Gasteiger partial charge on any atom is 0.292 e. The summed E-state index contributed by atoms with van der Waals surface area (Å²) in [6.45, 7) is 1.41. The first-order valence-corrected chi connectivity index (χ1v) is 8.24. The van der Waals surface area contributed by atoms with Gasteiger partial charge in [-0.3, -0.25) is 4.79 Å². The molecule has 1 saturated heterocycles. The third kappa shape index (κ3) is 3.24. The van der Waals surface area contributed by atoms with Crippen LogP contribution in [0.2, 0.25) is 5.02 Å². The molecule has 0 saturated carbocycles. The smallest absolute Gasteiger partial charge is 0.292 e. The minimum absolute atomic E-state index is 0.0899. The van der Waals surface area contributed by atoms with Crippen LogP contribution in [0.5, 0.6) is 0 Å². The molecule has 0 aliphatic carbocycles. The average molecular weight is 323 g/mol. The van der Waals surface area contributed by atoms with Crippen molar-refractivity contribution in [3.05, 3.63) is 52.9 Å². The molecule has 1 fully saturated rings. The first kappa shape index (κ1) is 14.5. The fourth-order valence-electron chi connectivity index (χ4n) is 2.44. The van der Waals surface area contributed by atoms with E-state index < -0.39 is 0 Å². The molecule has 4 nitrogen and oxygen atoms in total. The molecule has 1 aliphatic rings. The van der Waals surface area contributed by atoms with Crippen molar-refractivity contribution in [2.24, 2.45) is 0 Å². The van der Waals surface area contributed by atoms with Gasteiger partial charge in [0.2, 0.25) is 5.76 Å². The van der Waals surface area contributed by atoms with Gasteiger partial charge >= 0.3 is 0 Å². The second kappa shape index (κ2) is 6.54. The summed E-state index contributed by atoms with van der Waals surface area (Å²) in [6.07, 6.45) is 2.38. The summed E-state index contributed by atoms with van der Waals surface area (Å²) >= 11 is 8.12. The van der Waals surface area contributed by atoms with E-state index in [1.165, 1.54) is 6.20 Å². The number of thioether (sulfide) groups is 1. The lowest BCUT2D eigenvalue weighted by Gasteiger charge is -2.19. The summed E-state index contributed by atoms with van der Waals surface area (Å²) < 4.78 is 4.95. The van der Waals surface area contributed by atoms with E-state index in [2.05, 4.69) is 11.2 Å². The second-order valence-corrected chi connectivity index (χ2v) is 6.56. The van der Waals surface area contributed by atoms with Crippen LogP contribution in [-0.2, 0) is 0 Å². The van der Waals surface area contributed by atoms with Crippen LogP contribution in [0.15, 0.2) is 41.1 Å². The molecular formula is C15H15ClN2O2S. The Balaban J connectivity index is 1.70. The van der Waals surface area contributed by atoms with Gasteiger partial charge in [0.15, 0.2) is 0 Å². The van der Waals surface area contributed by atoms with E-state index in [1.54, 1.807) is 6.07 Å². The van der Waals surface area contributed by atoms with Crippen LogP contribution in [0.1, 0.15) is 27.8 Å². The maximum absolute atomic E-state index is 12.3. The predicted octanol–water partition coefficient (Wildman–Crippen LogP) is 3.65. The zero-order valence-electron chi connectivity index (χ0n) is 11.4. The molecule has 1 amide bonds. The Bertz CT molecular complexity index is 618. The van der Waals surface area contributed by atoms with Crippen molar-refractivity contribution in [2.45, 2.75) is 11.7 Å². The van der Waals surface area contributed by atoms with Gasteiger partial charge in [-0.15, -0.1) is 0 Å². The van der Waals surface area contributed by atoms with Crippen LogP contribution < -0.4 is 0 Å². The average Bonchev–Trinajstić information content (AvgIpc) is 2.92. The molecule has 1 aromatic carbocycles. The number of aromatic nitrogens is 1. The summed E-state index contributed by atoms with van der Waals surface area (Å²) in [7, 11) is 0. The van der Waals surface area contributed by atoms with Crippen LogP contribution in [0.3, 0.4) is 0 Å². The van der Waals surface area contributed by atoms with Crippen LogP contribution >= 0.6 is 23.4 Å². The fraction of sp³-hybridized carbons (Fsp3) is 0.333. The number of halogens is 1. The number of benzene rings is 1. The number of rotatable bonds is 2. The van der Waals surface area contributed by atoms with Gasteiger partial charge in [-0.05, 0) is 18.1 Å². The lowest BCUT2D eigenvalue weighted by atomic mass is 10.1. The Morgan fingerprint density at radius 2 is 2.19 bits per heavy atom. The van der Waals surface area contributed by atoms with Crippen molar-refractivity contribution in [1.82, 2.24) is 10.1 Å². The zero-order valence-corrected chi connectivity index (χ0v) is 12.9. The molecule has 1 unspecified atom stereocenters. The van der Waals surface area contributed by atoms with Crippen molar-refractivity contribution in [2.75, 3.05) is 18.8 Å². The van der Waals surface area contributed by atoms with Gasteiger partial charge in [-0.25, -0.2) is 0 Å². The number of carbonyl (C=O) groups is 1. The molecular weight excluding hydrogens is 308 g/mol. The van der Waals surface area contributed by atoms with E-state index in [4.69, 9.17) is 16.1 Å². The third-order valence-electron chi connectivity index (χ3n) is 3.53. The molecule has 1 aromatic heterocycles. The lowest BCUT2D eigenvalue weighted by molar-refractivity contribution is 0.0725. The molecule has 1 atom stereocenters. The Morgan fingerprint density at radius 1 is 1.33 bits per heavy atom. The summed E-state index contributed by atoms with van der Waals surface area (Å²) in [5, 5.41) is 4.71. The number of carbonyl (C=O) groups excluding carboxylic acids is 1. The molecule has 0 bridgehead atoms. The van der Waals surface area contributed by atoms with Crippen LogP contribution in [0.4, 0.5) is 0 Å². The standard InChI is InChI=1S/C15H15ClN2O2S/c16-12-4-2-1-3-11(12)14-6-8-18(9-10-21-14)15(19)13-5-7-17-20-13/h1-5,7,14H,6,8-10H2. The highest BCUT2D eigenvalue weighted by atomic mass is 35.5. The quantitative estimate of drug-likeness (QED) is 0.846. The summed E-state index contributed by atoms with van der Waals surface area (Å²) in [5.74, 6) is 1.10. The minimum Gasteiger partial charge on any atom is -0.351 e. The number of hydrogen-bond acceptors (Lipinski definition) is 4. The summed E-state index contributed by atoms with van der Waals surface area (Å²) in [5.41, 5.74) is 1.15. The van der Waals surface area contributed by atoms with Crippen LogP contribution in [-0.4, -0.2) is 34.8 Å². The van der Waals surface area contributed by atoms with Crippen molar-refractivity contribution in [3.8, 4) is 0 Å². The van der Waals surface area contributed by atoms with E-state index in [0.717, 1.165) is 22.8 Å². The summed E-state index contributed by atoms with van der Waals surface area (Å²) in [4.78, 5) is 14.1. The van der Waals surface area contributed by atoms with Crippen LogP contribution in [0.25, 0.3) is 0 Å². The molecule has 0 N–H and O–H groups in total. The topological polar surface area (TPSA) is 46.3 Å². The predicted molar refractivity (Wildman–Crippen MR) is 83.7 cm³/mol. The van der Waals surface area contributed by atoms with Crippen molar-refractivity contribution < 1.29 is 9.32 Å². The molecule has 21 heavy (non-hydrogen) atoms. The van der Waals surface area contributed by atoms with Gasteiger partial charge in [-0.2, -0.15) is 11.8 Å². The van der Waals surface area contributed by atoms with E-state index in [9.17, 15) is 4.79 Å².